The average molecular weight is 554 g/mol. The van der Waals surface area contributed by atoms with Crippen molar-refractivity contribution in [3.05, 3.63) is 127 Å². The molecule has 4 aromatic rings. The zero-order valence-corrected chi connectivity index (χ0v) is 21.9. The molecule has 1 atom stereocenters. The minimum absolute atomic E-state index is 0.0134. The molecule has 1 aromatic heterocycles. The first kappa shape index (κ1) is 27.1. The first-order chi connectivity index (χ1) is 18.0. The number of rotatable bonds is 8. The van der Waals surface area contributed by atoms with Gasteiger partial charge < -0.3 is 14.4 Å². The summed E-state index contributed by atoms with van der Waals surface area (Å²) in [7, 11) is 1.56. The van der Waals surface area contributed by atoms with Gasteiger partial charge in [-0.1, -0.05) is 35.3 Å². The van der Waals surface area contributed by atoms with Gasteiger partial charge in [-0.15, -0.1) is 0 Å². The Bertz CT molecular complexity index is 1620. The van der Waals surface area contributed by atoms with Gasteiger partial charge in [-0.25, -0.2) is 9.18 Å². The number of ketones is 1. The lowest BCUT2D eigenvalue weighted by Crippen LogP contribution is -2.18. The zero-order chi connectivity index (χ0) is 27.6. The molecule has 0 aliphatic rings. The lowest BCUT2D eigenvalue weighted by atomic mass is 9.84. The number of carboxylic acid groups (broad SMARTS) is 1. The van der Waals surface area contributed by atoms with E-state index in [9.17, 15) is 19.5 Å². The van der Waals surface area contributed by atoms with Crippen LogP contribution in [0.2, 0.25) is 10.0 Å². The minimum atomic E-state index is -1.24. The fourth-order valence-corrected chi connectivity index (χ4v) is 4.60. The van der Waals surface area contributed by atoms with Crippen LogP contribution in [-0.2, 0) is 7.05 Å². The van der Waals surface area contributed by atoms with Crippen LogP contribution in [0.3, 0.4) is 0 Å². The second-order valence-corrected chi connectivity index (χ2v) is 9.63. The molecule has 0 bridgehead atoms. The zero-order valence-electron chi connectivity index (χ0n) is 20.4. The van der Waals surface area contributed by atoms with Crippen LogP contribution in [0.4, 0.5) is 4.39 Å². The Hall–Kier alpha value is -3.94. The van der Waals surface area contributed by atoms with E-state index in [0.29, 0.717) is 16.1 Å². The monoisotopic (exact) mass is 553 g/mol. The lowest BCUT2D eigenvalue weighted by molar-refractivity contribution is 0.0696. The van der Waals surface area contributed by atoms with E-state index in [-0.39, 0.29) is 39.8 Å². The van der Waals surface area contributed by atoms with Gasteiger partial charge in [0.2, 0.25) is 5.56 Å². The Labute approximate surface area is 227 Å². The van der Waals surface area contributed by atoms with Crippen LogP contribution in [0, 0.1) is 12.7 Å². The van der Waals surface area contributed by atoms with Crippen molar-refractivity contribution < 1.29 is 23.8 Å². The van der Waals surface area contributed by atoms with E-state index in [1.165, 1.54) is 53.2 Å². The van der Waals surface area contributed by atoms with Gasteiger partial charge in [-0.3, -0.25) is 9.59 Å². The summed E-state index contributed by atoms with van der Waals surface area (Å²) < 4.78 is 22.2. The number of carboxylic acids is 1. The van der Waals surface area contributed by atoms with Gasteiger partial charge in [-0.2, -0.15) is 0 Å². The molecule has 1 N–H and O–H groups in total. The number of ether oxygens (including phenoxy) is 1. The van der Waals surface area contributed by atoms with E-state index in [1.807, 2.05) is 6.92 Å². The van der Waals surface area contributed by atoms with Gasteiger partial charge in [0.15, 0.2) is 17.3 Å². The summed E-state index contributed by atoms with van der Waals surface area (Å²) in [6.07, 6.45) is 1.49. The number of halogens is 3. The average Bonchev–Trinajstić information content (AvgIpc) is 2.86. The Morgan fingerprint density at radius 2 is 1.79 bits per heavy atom. The number of aryl methyl sites for hydroxylation is 2. The highest BCUT2D eigenvalue weighted by Gasteiger charge is 2.23. The lowest BCUT2D eigenvalue weighted by Gasteiger charge is -2.21. The molecule has 4 rings (SSSR count). The second kappa shape index (κ2) is 11.2. The highest BCUT2D eigenvalue weighted by Crippen LogP contribution is 2.36. The summed E-state index contributed by atoms with van der Waals surface area (Å²) >= 11 is 12.0. The van der Waals surface area contributed by atoms with Crippen LogP contribution in [0.25, 0.3) is 0 Å². The van der Waals surface area contributed by atoms with Crippen molar-refractivity contribution in [2.24, 2.45) is 7.05 Å². The third-order valence-electron chi connectivity index (χ3n) is 6.16. The summed E-state index contributed by atoms with van der Waals surface area (Å²) in [6, 6.07) is 16.5. The molecule has 38 heavy (non-hydrogen) atoms. The molecule has 1 unspecified atom stereocenters. The van der Waals surface area contributed by atoms with Crippen LogP contribution in [0.15, 0.2) is 77.7 Å². The maximum Gasteiger partial charge on any atom is 0.337 e. The van der Waals surface area contributed by atoms with Crippen molar-refractivity contribution in [2.45, 2.75) is 19.3 Å². The third kappa shape index (κ3) is 5.96. The van der Waals surface area contributed by atoms with Gasteiger partial charge in [0.1, 0.15) is 5.75 Å². The molecule has 194 valence electrons. The highest BCUT2D eigenvalue weighted by molar-refractivity contribution is 6.33. The van der Waals surface area contributed by atoms with Crippen molar-refractivity contribution in [1.29, 1.82) is 0 Å². The number of aromatic nitrogens is 1. The molecule has 0 fully saturated rings. The fraction of sp³-hybridized carbons (Fsp3) is 0.138. The van der Waals surface area contributed by atoms with Crippen LogP contribution >= 0.6 is 23.2 Å². The van der Waals surface area contributed by atoms with Gasteiger partial charge in [-0.05, 0) is 72.1 Å². The smallest absolute Gasteiger partial charge is 0.337 e. The second-order valence-electron chi connectivity index (χ2n) is 8.79. The molecule has 0 aliphatic carbocycles. The van der Waals surface area contributed by atoms with Gasteiger partial charge in [0.25, 0.3) is 0 Å². The summed E-state index contributed by atoms with van der Waals surface area (Å²) in [6.45, 7) is 1.86. The summed E-state index contributed by atoms with van der Waals surface area (Å²) in [5.41, 5.74) is 2.11. The maximum atomic E-state index is 15.3. The summed E-state index contributed by atoms with van der Waals surface area (Å²) in [5, 5.41) is 9.84. The standard InChI is InChI=1S/C29H22Cl2FNO5/c1-16-11-19(30)5-7-21(16)22(14-26(34)18-4-10-28(35)33(2)15-18)17-3-9-27(25(32)12-17)38-20-6-8-24(31)23(13-20)29(36)37/h3-13,15,22H,14H2,1-2H3,(H,36,37). The Morgan fingerprint density at radius 1 is 1.03 bits per heavy atom. The number of nitrogens with zero attached hydrogens (tertiary/aromatic N) is 1. The van der Waals surface area contributed by atoms with Crippen molar-refractivity contribution in [3.63, 3.8) is 0 Å². The number of hydrogen-bond acceptors (Lipinski definition) is 4. The molecular formula is C29H22Cl2FNO5. The Morgan fingerprint density at radius 3 is 2.45 bits per heavy atom. The largest absolute Gasteiger partial charge is 0.478 e. The predicted molar refractivity (Wildman–Crippen MR) is 144 cm³/mol. The first-order valence-electron chi connectivity index (χ1n) is 11.5. The number of carbonyl (C=O) groups excluding carboxylic acids is 1. The van der Waals surface area contributed by atoms with E-state index in [1.54, 1.807) is 31.3 Å². The molecule has 0 radical (unpaired) electrons. The summed E-state index contributed by atoms with van der Waals surface area (Å²) in [4.78, 5) is 36.3. The molecular weight excluding hydrogens is 532 g/mol. The number of Topliss-reactive ketones (excluding diaryl/α,β-unsaturated/α-hetero) is 1. The molecule has 1 heterocycles. The SMILES string of the molecule is Cc1cc(Cl)ccc1C(CC(=O)c1ccc(=O)n(C)c1)c1ccc(Oc2ccc(Cl)c(C(=O)O)c2)c(F)c1. The number of pyridine rings is 1. The molecule has 0 amide bonds. The van der Waals surface area contributed by atoms with Crippen molar-refractivity contribution >= 4 is 35.0 Å². The highest BCUT2D eigenvalue weighted by atomic mass is 35.5. The van der Waals surface area contributed by atoms with E-state index < -0.39 is 17.7 Å². The van der Waals surface area contributed by atoms with Crippen LogP contribution in [0.1, 0.15) is 49.7 Å². The number of hydrogen-bond donors (Lipinski definition) is 1. The predicted octanol–water partition coefficient (Wildman–Crippen LogP) is 7.04. The van der Waals surface area contributed by atoms with Gasteiger partial charge >= 0.3 is 5.97 Å². The first-order valence-corrected chi connectivity index (χ1v) is 12.2. The molecule has 0 saturated carbocycles. The number of benzene rings is 3. The third-order valence-corrected chi connectivity index (χ3v) is 6.72. The quantitative estimate of drug-likeness (QED) is 0.236. The van der Waals surface area contributed by atoms with Gasteiger partial charge in [0.05, 0.1) is 10.6 Å². The number of carbonyl (C=O) groups is 2. The normalized spacial score (nSPS) is 11.7. The molecule has 0 saturated heterocycles. The Kier molecular flexibility index (Phi) is 7.99. The van der Waals surface area contributed by atoms with E-state index in [2.05, 4.69) is 0 Å². The molecule has 6 nitrogen and oxygen atoms in total. The van der Waals surface area contributed by atoms with Gasteiger partial charge in [0, 0.05) is 42.2 Å². The number of aromatic carboxylic acids is 1. The topological polar surface area (TPSA) is 85.6 Å². The summed E-state index contributed by atoms with van der Waals surface area (Å²) in [5.74, 6) is -2.68. The minimum Gasteiger partial charge on any atom is -0.478 e. The van der Waals surface area contributed by atoms with Crippen LogP contribution in [0.5, 0.6) is 11.5 Å². The van der Waals surface area contributed by atoms with Crippen molar-refractivity contribution in [2.75, 3.05) is 0 Å². The van der Waals surface area contributed by atoms with Crippen molar-refractivity contribution in [3.8, 4) is 11.5 Å². The van der Waals surface area contributed by atoms with Crippen LogP contribution < -0.4 is 10.3 Å². The maximum absolute atomic E-state index is 15.3. The molecule has 3 aromatic carbocycles. The van der Waals surface area contributed by atoms with Crippen LogP contribution in [-0.4, -0.2) is 21.4 Å². The van der Waals surface area contributed by atoms with E-state index >= 15 is 4.39 Å². The van der Waals surface area contributed by atoms with E-state index in [4.69, 9.17) is 27.9 Å². The fourth-order valence-electron chi connectivity index (χ4n) is 4.17. The molecule has 9 heteroatoms. The van der Waals surface area contributed by atoms with E-state index in [0.717, 1.165) is 11.1 Å². The Balaban J connectivity index is 1.69. The van der Waals surface area contributed by atoms with Crippen molar-refractivity contribution in [1.82, 2.24) is 4.57 Å². The molecule has 0 spiro atoms. The molecule has 0 aliphatic heterocycles.